The topological polar surface area (TPSA) is 106 Å². The first kappa shape index (κ1) is 36.8. The molecule has 1 aliphatic rings. The largest absolute Gasteiger partial charge is 0.358 e. The molecule has 13 heteroatoms. The van der Waals surface area contributed by atoms with Gasteiger partial charge in [0.25, 0.3) is 0 Å². The van der Waals surface area contributed by atoms with Crippen LogP contribution in [0.1, 0.15) is 34.3 Å². The highest BCUT2D eigenvalue weighted by atomic mass is 35.5. The summed E-state index contributed by atoms with van der Waals surface area (Å²) < 4.78 is 0. The number of benzene rings is 2. The quantitative estimate of drug-likeness (QED) is 0.102. The number of nitrogens with zero attached hydrogens (tertiary/aromatic N) is 4. The molecule has 45 heavy (non-hydrogen) atoms. The van der Waals surface area contributed by atoms with E-state index in [0.717, 1.165) is 40.6 Å². The first-order chi connectivity index (χ1) is 21.8. The maximum absolute atomic E-state index is 9.21. The Labute approximate surface area is 292 Å². The van der Waals surface area contributed by atoms with Crippen LogP contribution in [0.25, 0.3) is 0 Å². The van der Waals surface area contributed by atoms with Gasteiger partial charge >= 0.3 is 0 Å². The lowest BCUT2D eigenvalue weighted by Crippen LogP contribution is -2.27. The lowest BCUT2D eigenvalue weighted by Gasteiger charge is -2.21. The second kappa shape index (κ2) is 20.5. The summed E-state index contributed by atoms with van der Waals surface area (Å²) in [5.74, 6) is 1.42. The van der Waals surface area contributed by atoms with Crippen molar-refractivity contribution in [3.8, 4) is 0 Å². The fourth-order valence-corrected chi connectivity index (χ4v) is 5.89. The number of isocyanates is 1. The number of alkyl halides is 1. The number of nitrogens with one attached hydrogen (secondary N) is 1. The van der Waals surface area contributed by atoms with Gasteiger partial charge in [-0.15, -0.1) is 11.6 Å². The molecular formula is C32H31Cl5N6OS. The van der Waals surface area contributed by atoms with Crippen molar-refractivity contribution in [3.05, 3.63) is 128 Å². The molecule has 1 aliphatic heterocycles. The Hall–Kier alpha value is -2.65. The monoisotopic (exact) mass is 722 g/mol. The molecule has 2 unspecified atom stereocenters. The van der Waals surface area contributed by atoms with E-state index in [1.165, 1.54) is 11.6 Å². The lowest BCUT2D eigenvalue weighted by molar-refractivity contribution is 0.563. The normalized spacial score (nSPS) is 13.2. The van der Waals surface area contributed by atoms with Crippen LogP contribution in [0, 0.1) is 0 Å². The predicted molar refractivity (Wildman–Crippen MR) is 190 cm³/mol. The molecule has 7 nitrogen and oxygen atoms in total. The molecular weight excluding hydrogens is 694 g/mol. The van der Waals surface area contributed by atoms with Crippen LogP contribution >= 0.6 is 69.8 Å². The standard InChI is InChI=1S/C16H15Cl2N3S.C13H12Cl2N2.C3H4ClNO/c17-13-3-1-2-12(15(13)18)14(21-16-20-8-9-22-16)10-11-4-6-19-7-5-11;14-11-3-1-2-10(13(11)15)12(16)8-9-4-6-17-7-5-9;4-1-2-5-3-6/h1-7,14H,8-10H2,(H,20,21);1-7,12H,8,16H2;1-2H2. The van der Waals surface area contributed by atoms with Gasteiger partial charge in [-0.05, 0) is 71.5 Å². The molecule has 2 aromatic carbocycles. The Morgan fingerprint density at radius 2 is 1.40 bits per heavy atom. The van der Waals surface area contributed by atoms with Crippen molar-refractivity contribution >= 4 is 81.0 Å². The summed E-state index contributed by atoms with van der Waals surface area (Å²) in [5, 5.41) is 6.71. The first-order valence-electron chi connectivity index (χ1n) is 13.8. The second-order valence-corrected chi connectivity index (χ2v) is 12.4. The molecule has 0 saturated carbocycles. The van der Waals surface area contributed by atoms with Gasteiger partial charge in [-0.25, -0.2) is 9.79 Å². The van der Waals surface area contributed by atoms with Gasteiger partial charge < -0.3 is 11.1 Å². The van der Waals surface area contributed by atoms with Crippen molar-refractivity contribution in [2.24, 2.45) is 15.7 Å². The van der Waals surface area contributed by atoms with E-state index in [4.69, 9.17) is 63.7 Å². The van der Waals surface area contributed by atoms with Crippen molar-refractivity contribution in [2.75, 3.05) is 24.7 Å². The maximum atomic E-state index is 9.21. The third kappa shape index (κ3) is 12.6. The Bertz CT molecular complexity index is 1560. The number of aromatic nitrogens is 2. The average molecular weight is 725 g/mol. The molecule has 0 bridgehead atoms. The van der Waals surface area contributed by atoms with Gasteiger partial charge in [0.05, 0.1) is 39.2 Å². The summed E-state index contributed by atoms with van der Waals surface area (Å²) >= 11 is 31.5. The van der Waals surface area contributed by atoms with Crippen LogP contribution in [-0.2, 0) is 17.6 Å². The van der Waals surface area contributed by atoms with Crippen molar-refractivity contribution in [2.45, 2.75) is 24.9 Å². The highest BCUT2D eigenvalue weighted by Crippen LogP contribution is 2.33. The smallest absolute Gasteiger partial charge is 0.234 e. The predicted octanol–water partition coefficient (Wildman–Crippen LogP) is 8.56. The fourth-order valence-electron chi connectivity index (χ4n) is 4.13. The van der Waals surface area contributed by atoms with Gasteiger partial charge in [-0.1, -0.05) is 82.4 Å². The van der Waals surface area contributed by atoms with Crippen molar-refractivity contribution < 1.29 is 4.79 Å². The van der Waals surface area contributed by atoms with Gasteiger partial charge in [0.15, 0.2) is 5.17 Å². The van der Waals surface area contributed by atoms with E-state index >= 15 is 0 Å². The Balaban J connectivity index is 0.000000213. The number of hydrogen-bond acceptors (Lipinski definition) is 8. The molecule has 0 radical (unpaired) electrons. The van der Waals surface area contributed by atoms with Crippen LogP contribution in [0.4, 0.5) is 0 Å². The van der Waals surface area contributed by atoms with E-state index < -0.39 is 0 Å². The van der Waals surface area contributed by atoms with Gasteiger partial charge in [0, 0.05) is 42.5 Å². The molecule has 2 atom stereocenters. The van der Waals surface area contributed by atoms with Gasteiger partial charge in [0.2, 0.25) is 6.08 Å². The third-order valence-corrected chi connectivity index (χ3v) is 9.02. The summed E-state index contributed by atoms with van der Waals surface area (Å²) in [5.41, 5.74) is 10.3. The molecule has 0 saturated heterocycles. The van der Waals surface area contributed by atoms with Crippen LogP contribution in [-0.4, -0.2) is 45.9 Å². The molecule has 3 N–H and O–H groups in total. The maximum Gasteiger partial charge on any atom is 0.234 e. The number of aliphatic imine (C=N–C) groups is 2. The van der Waals surface area contributed by atoms with Crippen LogP contribution in [0.15, 0.2) is 95.4 Å². The third-order valence-electron chi connectivity index (χ3n) is 6.28. The minimum absolute atomic E-state index is 0.0259. The van der Waals surface area contributed by atoms with Crippen molar-refractivity contribution in [1.29, 1.82) is 0 Å². The SMILES string of the molecule is Clc1cccc(C(Cc2ccncc2)NC2=NCCS2)c1Cl.NC(Cc1ccncc1)c1cccc(Cl)c1Cl.O=C=NCCCl. The molecule has 236 valence electrons. The Morgan fingerprint density at radius 1 is 0.844 bits per heavy atom. The number of thioether (sulfide) groups is 1. The van der Waals surface area contributed by atoms with E-state index in [2.05, 4.69) is 25.3 Å². The highest BCUT2D eigenvalue weighted by Gasteiger charge is 2.20. The zero-order valence-electron chi connectivity index (χ0n) is 24.1. The number of halogens is 5. The summed E-state index contributed by atoms with van der Waals surface area (Å²) in [6.45, 7) is 1.24. The first-order valence-corrected chi connectivity index (χ1v) is 16.8. The van der Waals surface area contributed by atoms with Gasteiger partial charge in [-0.3, -0.25) is 15.0 Å². The Morgan fingerprint density at radius 3 is 1.91 bits per heavy atom. The minimum Gasteiger partial charge on any atom is -0.358 e. The fraction of sp³-hybridized carbons (Fsp3) is 0.250. The number of carbonyl (C=O) groups excluding carboxylic acids is 1. The number of rotatable bonds is 9. The number of hydrogen-bond donors (Lipinski definition) is 2. The molecule has 3 heterocycles. The van der Waals surface area contributed by atoms with Crippen LogP contribution in [0.5, 0.6) is 0 Å². The van der Waals surface area contributed by atoms with Crippen LogP contribution in [0.3, 0.4) is 0 Å². The molecule has 4 aromatic rings. The van der Waals surface area contributed by atoms with Crippen molar-refractivity contribution in [1.82, 2.24) is 15.3 Å². The Kier molecular flexibility index (Phi) is 16.7. The van der Waals surface area contributed by atoms with E-state index in [1.54, 1.807) is 48.7 Å². The molecule has 0 amide bonds. The van der Waals surface area contributed by atoms with E-state index in [9.17, 15) is 4.79 Å². The molecule has 0 fully saturated rings. The van der Waals surface area contributed by atoms with Gasteiger partial charge in [-0.2, -0.15) is 0 Å². The zero-order valence-corrected chi connectivity index (χ0v) is 28.6. The van der Waals surface area contributed by atoms with Crippen LogP contribution < -0.4 is 11.1 Å². The average Bonchev–Trinajstić information content (AvgIpc) is 3.57. The summed E-state index contributed by atoms with van der Waals surface area (Å²) in [7, 11) is 0. The number of nitrogens with two attached hydrogens (primary N) is 1. The molecule has 5 rings (SSSR count). The van der Waals surface area contributed by atoms with Crippen LogP contribution in [0.2, 0.25) is 20.1 Å². The molecule has 0 aliphatic carbocycles. The zero-order chi connectivity index (χ0) is 32.4. The second-order valence-electron chi connectivity index (χ2n) is 9.41. The van der Waals surface area contributed by atoms with E-state index in [0.29, 0.717) is 38.9 Å². The molecule has 2 aromatic heterocycles. The minimum atomic E-state index is -0.163. The van der Waals surface area contributed by atoms with E-state index in [1.807, 2.05) is 48.5 Å². The molecule has 0 spiro atoms. The van der Waals surface area contributed by atoms with Gasteiger partial charge in [0.1, 0.15) is 0 Å². The number of pyridine rings is 2. The summed E-state index contributed by atoms with van der Waals surface area (Å²) in [6.07, 6.45) is 9.97. The van der Waals surface area contributed by atoms with Crippen molar-refractivity contribution in [3.63, 3.8) is 0 Å². The lowest BCUT2D eigenvalue weighted by atomic mass is 9.99. The summed E-state index contributed by atoms with van der Waals surface area (Å²) in [6, 6.07) is 19.0. The number of amidine groups is 1. The summed E-state index contributed by atoms with van der Waals surface area (Å²) in [4.78, 5) is 24.9. The van der Waals surface area contributed by atoms with E-state index in [-0.39, 0.29) is 12.1 Å². The highest BCUT2D eigenvalue weighted by molar-refractivity contribution is 8.14.